The van der Waals surface area contributed by atoms with Crippen LogP contribution in [0.2, 0.25) is 0 Å². The molecule has 7 nitrogen and oxygen atoms in total. The lowest BCUT2D eigenvalue weighted by atomic mass is 10.1. The lowest BCUT2D eigenvalue weighted by molar-refractivity contribution is -0.121. The van der Waals surface area contributed by atoms with E-state index in [1.54, 1.807) is 25.3 Å². The molecular formula is C23H30N2O5S. The molecule has 0 bridgehead atoms. The predicted molar refractivity (Wildman–Crippen MR) is 119 cm³/mol. The maximum atomic E-state index is 12.9. The number of hydrogen-bond donors (Lipinski definition) is 1. The highest BCUT2D eigenvalue weighted by Crippen LogP contribution is 2.28. The summed E-state index contributed by atoms with van der Waals surface area (Å²) in [5, 5.41) is 2.98. The highest BCUT2D eigenvalue weighted by Gasteiger charge is 2.28. The van der Waals surface area contributed by atoms with Crippen LogP contribution < -0.4 is 14.8 Å². The van der Waals surface area contributed by atoms with Crippen molar-refractivity contribution in [2.24, 2.45) is 0 Å². The Bertz CT molecular complexity index is 1020. The quantitative estimate of drug-likeness (QED) is 0.639. The molecule has 0 spiro atoms. The van der Waals surface area contributed by atoms with Crippen molar-refractivity contribution in [1.29, 1.82) is 0 Å². The molecule has 168 valence electrons. The van der Waals surface area contributed by atoms with Gasteiger partial charge in [-0.2, -0.15) is 4.31 Å². The number of nitrogens with zero attached hydrogens (tertiary/aromatic N) is 1. The Morgan fingerprint density at radius 1 is 1.06 bits per heavy atom. The summed E-state index contributed by atoms with van der Waals surface area (Å²) in [5.41, 5.74) is 1.59. The maximum Gasteiger partial charge on any atom is 0.243 e. The number of sulfonamides is 1. The van der Waals surface area contributed by atoms with Gasteiger partial charge in [0.2, 0.25) is 15.9 Å². The number of carbonyl (C=O) groups is 1. The van der Waals surface area contributed by atoms with Crippen molar-refractivity contribution in [3.8, 4) is 11.5 Å². The molecule has 2 aromatic rings. The van der Waals surface area contributed by atoms with Crippen molar-refractivity contribution in [2.75, 3.05) is 27.3 Å². The topological polar surface area (TPSA) is 84.9 Å². The van der Waals surface area contributed by atoms with Gasteiger partial charge in [0, 0.05) is 25.1 Å². The molecule has 1 amide bonds. The van der Waals surface area contributed by atoms with Crippen molar-refractivity contribution in [1.82, 2.24) is 9.62 Å². The first-order valence-electron chi connectivity index (χ1n) is 10.5. The van der Waals surface area contributed by atoms with E-state index in [0.29, 0.717) is 30.8 Å². The molecular weight excluding hydrogens is 416 g/mol. The van der Waals surface area contributed by atoms with Crippen molar-refractivity contribution in [3.63, 3.8) is 0 Å². The van der Waals surface area contributed by atoms with Crippen LogP contribution in [-0.4, -0.2) is 45.9 Å². The second-order valence-corrected chi connectivity index (χ2v) is 9.55. The lowest BCUT2D eigenvalue weighted by Crippen LogP contribution is -2.28. The third-order valence-electron chi connectivity index (χ3n) is 5.56. The standard InChI is InChI=1S/C23H30N2O5S/c1-17(20-8-4-5-9-22(20)30-3)24-23(26)13-10-18-16-19(11-12-21(18)29-2)31(27,28)25-14-6-7-15-25/h4-5,8-9,11-12,16-17H,6-7,10,13-15H2,1-3H3,(H,24,26)/t17-/m0/s1. The number of rotatable bonds is 9. The van der Waals surface area contributed by atoms with Crippen LogP contribution in [0, 0.1) is 0 Å². The Kier molecular flexibility index (Phi) is 7.56. The zero-order valence-corrected chi connectivity index (χ0v) is 19.1. The first-order chi connectivity index (χ1) is 14.9. The summed E-state index contributed by atoms with van der Waals surface area (Å²) in [7, 11) is -0.385. The molecule has 0 saturated carbocycles. The zero-order valence-electron chi connectivity index (χ0n) is 18.3. The predicted octanol–water partition coefficient (Wildman–Crippen LogP) is 3.30. The average molecular weight is 447 g/mol. The van der Waals surface area contributed by atoms with Crippen LogP contribution in [0.15, 0.2) is 47.4 Å². The van der Waals surface area contributed by atoms with Crippen LogP contribution in [0.4, 0.5) is 0 Å². The van der Waals surface area contributed by atoms with Gasteiger partial charge in [-0.05, 0) is 56.0 Å². The first-order valence-corrected chi connectivity index (χ1v) is 11.9. The third-order valence-corrected chi connectivity index (χ3v) is 7.45. The summed E-state index contributed by atoms with van der Waals surface area (Å²) < 4.78 is 38.0. The molecule has 1 atom stereocenters. The minimum Gasteiger partial charge on any atom is -0.496 e. The zero-order chi connectivity index (χ0) is 22.4. The molecule has 1 aliphatic rings. The van der Waals surface area contributed by atoms with E-state index >= 15 is 0 Å². The van der Waals surface area contributed by atoms with Crippen LogP contribution in [0.3, 0.4) is 0 Å². The van der Waals surface area contributed by atoms with Crippen LogP contribution in [0.1, 0.15) is 43.4 Å². The van der Waals surface area contributed by atoms with Crippen LogP contribution >= 0.6 is 0 Å². The summed E-state index contributed by atoms with van der Waals surface area (Å²) in [5.74, 6) is 1.16. The van der Waals surface area contributed by atoms with Crippen LogP contribution in [0.25, 0.3) is 0 Å². The Hall–Kier alpha value is -2.58. The second kappa shape index (κ2) is 10.2. The van der Waals surface area contributed by atoms with Gasteiger partial charge in [-0.15, -0.1) is 0 Å². The second-order valence-electron chi connectivity index (χ2n) is 7.62. The Labute approximate surface area is 184 Å². The van der Waals surface area contributed by atoms with Gasteiger partial charge in [0.25, 0.3) is 0 Å². The van der Waals surface area contributed by atoms with E-state index in [1.807, 2.05) is 31.2 Å². The highest BCUT2D eigenvalue weighted by molar-refractivity contribution is 7.89. The van der Waals surface area contributed by atoms with Crippen molar-refractivity contribution in [2.45, 2.75) is 43.5 Å². The van der Waals surface area contributed by atoms with Crippen molar-refractivity contribution < 1.29 is 22.7 Å². The van der Waals surface area contributed by atoms with Gasteiger partial charge in [0.15, 0.2) is 0 Å². The van der Waals surface area contributed by atoms with Crippen molar-refractivity contribution >= 4 is 15.9 Å². The van der Waals surface area contributed by atoms with Gasteiger partial charge < -0.3 is 14.8 Å². The van der Waals surface area contributed by atoms with Gasteiger partial charge >= 0.3 is 0 Å². The van der Waals surface area contributed by atoms with Gasteiger partial charge in [0.05, 0.1) is 25.2 Å². The van der Waals surface area contributed by atoms with Crippen LogP contribution in [0.5, 0.6) is 11.5 Å². The number of hydrogen-bond acceptors (Lipinski definition) is 5. The molecule has 0 aliphatic carbocycles. The summed E-state index contributed by atoms with van der Waals surface area (Å²) in [6, 6.07) is 12.2. The molecule has 1 aliphatic heterocycles. The number of carbonyl (C=O) groups excluding carboxylic acids is 1. The van der Waals surface area contributed by atoms with E-state index in [2.05, 4.69) is 5.32 Å². The molecule has 0 aromatic heterocycles. The number of aryl methyl sites for hydroxylation is 1. The monoisotopic (exact) mass is 446 g/mol. The van der Waals surface area contributed by atoms with Gasteiger partial charge in [-0.1, -0.05) is 18.2 Å². The summed E-state index contributed by atoms with van der Waals surface area (Å²) in [6.45, 7) is 3.00. The Balaban J connectivity index is 1.69. The molecule has 0 unspecified atom stereocenters. The van der Waals surface area contributed by atoms with E-state index in [9.17, 15) is 13.2 Å². The molecule has 2 aromatic carbocycles. The minimum atomic E-state index is -3.52. The van der Waals surface area contributed by atoms with E-state index in [-0.39, 0.29) is 23.3 Å². The molecule has 1 N–H and O–H groups in total. The normalized spacial score (nSPS) is 15.5. The number of nitrogens with one attached hydrogen (secondary N) is 1. The number of amides is 1. The molecule has 1 heterocycles. The van der Waals surface area contributed by atoms with Gasteiger partial charge in [-0.25, -0.2) is 8.42 Å². The van der Waals surface area contributed by atoms with E-state index in [0.717, 1.165) is 24.2 Å². The van der Waals surface area contributed by atoms with E-state index in [4.69, 9.17) is 9.47 Å². The molecule has 1 fully saturated rings. The average Bonchev–Trinajstić information content (AvgIpc) is 3.33. The van der Waals surface area contributed by atoms with Crippen LogP contribution in [-0.2, 0) is 21.2 Å². The Morgan fingerprint density at radius 3 is 2.42 bits per heavy atom. The molecule has 31 heavy (non-hydrogen) atoms. The minimum absolute atomic E-state index is 0.131. The highest BCUT2D eigenvalue weighted by atomic mass is 32.2. The third kappa shape index (κ3) is 5.37. The van der Waals surface area contributed by atoms with E-state index < -0.39 is 10.0 Å². The molecule has 3 rings (SSSR count). The Morgan fingerprint density at radius 2 is 1.74 bits per heavy atom. The lowest BCUT2D eigenvalue weighted by Gasteiger charge is -2.18. The fourth-order valence-corrected chi connectivity index (χ4v) is 5.42. The number of ether oxygens (including phenoxy) is 2. The summed E-state index contributed by atoms with van der Waals surface area (Å²) in [6.07, 6.45) is 2.35. The fraction of sp³-hybridized carbons (Fsp3) is 0.435. The van der Waals surface area contributed by atoms with E-state index in [1.165, 1.54) is 11.4 Å². The number of methoxy groups -OCH3 is 2. The largest absolute Gasteiger partial charge is 0.496 e. The SMILES string of the molecule is COc1ccc(S(=O)(=O)N2CCCC2)cc1CCC(=O)N[C@@H](C)c1ccccc1OC. The smallest absolute Gasteiger partial charge is 0.243 e. The molecule has 1 saturated heterocycles. The number of para-hydroxylation sites is 1. The molecule has 0 radical (unpaired) electrons. The van der Waals surface area contributed by atoms with Gasteiger partial charge in [-0.3, -0.25) is 4.79 Å². The number of benzene rings is 2. The van der Waals surface area contributed by atoms with Crippen molar-refractivity contribution in [3.05, 3.63) is 53.6 Å². The molecule has 8 heteroatoms. The van der Waals surface area contributed by atoms with Gasteiger partial charge in [0.1, 0.15) is 11.5 Å². The summed E-state index contributed by atoms with van der Waals surface area (Å²) in [4.78, 5) is 12.8. The maximum absolute atomic E-state index is 12.9. The first kappa shape index (κ1) is 23.1. The fourth-order valence-electron chi connectivity index (χ4n) is 3.85. The summed E-state index contributed by atoms with van der Waals surface area (Å²) >= 11 is 0.